The van der Waals surface area contributed by atoms with E-state index in [0.29, 0.717) is 28.9 Å². The number of aryl methyl sites for hydroxylation is 2. The predicted molar refractivity (Wildman–Crippen MR) is 107 cm³/mol. The molecule has 0 bridgehead atoms. The van der Waals surface area contributed by atoms with Crippen molar-refractivity contribution in [2.24, 2.45) is 0 Å². The fraction of sp³-hybridized carbons (Fsp3) is 0.333. The third-order valence-electron chi connectivity index (χ3n) is 4.86. The molecule has 0 fully saturated rings. The summed E-state index contributed by atoms with van der Waals surface area (Å²) in [5.74, 6) is 0.0620. The topological polar surface area (TPSA) is 85.8 Å². The molecule has 28 heavy (non-hydrogen) atoms. The molecule has 7 nitrogen and oxygen atoms in total. The minimum Gasteiger partial charge on any atom is -0.352 e. The Labute approximate surface area is 162 Å². The summed E-state index contributed by atoms with van der Waals surface area (Å²) in [4.78, 5) is 21.7. The van der Waals surface area contributed by atoms with Crippen LogP contribution in [0.5, 0.6) is 0 Å². The lowest BCUT2D eigenvalue weighted by atomic mass is 10.0. The standard InChI is InChI=1S/C21H23N5O2/c1-13(2)17-11-15(19-14(3)25-28-21(19)24-17)20(27)22-9-6-10-26-12-23-16-7-4-5-8-18(16)26/h4-5,7-8,11-13H,6,9-10H2,1-3H3,(H,22,27). The Morgan fingerprint density at radius 2 is 2.11 bits per heavy atom. The van der Waals surface area contributed by atoms with Gasteiger partial charge in [0.05, 0.1) is 34.0 Å². The SMILES string of the molecule is Cc1noc2nc(C(C)C)cc(C(=O)NCCCn3cnc4ccccc43)c12. The molecule has 3 aromatic heterocycles. The number of aromatic nitrogens is 4. The van der Waals surface area contributed by atoms with Crippen LogP contribution >= 0.6 is 0 Å². The van der Waals surface area contributed by atoms with Crippen LogP contribution in [0.4, 0.5) is 0 Å². The average Bonchev–Trinajstić information content (AvgIpc) is 3.28. The Balaban J connectivity index is 1.46. The second kappa shape index (κ2) is 7.42. The predicted octanol–water partition coefficient (Wildman–Crippen LogP) is 3.82. The molecule has 4 aromatic rings. The van der Waals surface area contributed by atoms with Crippen molar-refractivity contribution in [2.75, 3.05) is 6.54 Å². The van der Waals surface area contributed by atoms with Gasteiger partial charge in [0.15, 0.2) is 0 Å². The normalized spacial score (nSPS) is 11.6. The number of imidazole rings is 1. The third-order valence-corrected chi connectivity index (χ3v) is 4.86. The molecule has 0 aliphatic rings. The van der Waals surface area contributed by atoms with E-state index in [1.165, 1.54) is 0 Å². The first-order chi connectivity index (χ1) is 13.5. The summed E-state index contributed by atoms with van der Waals surface area (Å²) < 4.78 is 7.40. The molecule has 0 radical (unpaired) electrons. The van der Waals surface area contributed by atoms with Crippen molar-refractivity contribution >= 4 is 28.0 Å². The Morgan fingerprint density at radius 1 is 1.29 bits per heavy atom. The fourth-order valence-electron chi connectivity index (χ4n) is 3.32. The van der Waals surface area contributed by atoms with Crippen molar-refractivity contribution < 1.29 is 9.32 Å². The van der Waals surface area contributed by atoms with Crippen molar-refractivity contribution in [1.29, 1.82) is 0 Å². The number of rotatable bonds is 6. The maximum absolute atomic E-state index is 12.8. The monoisotopic (exact) mass is 377 g/mol. The molecule has 0 spiro atoms. The van der Waals surface area contributed by atoms with Gasteiger partial charge < -0.3 is 14.4 Å². The molecular formula is C21H23N5O2. The molecule has 4 rings (SSSR count). The van der Waals surface area contributed by atoms with Crippen LogP contribution in [0, 0.1) is 6.92 Å². The Hall–Kier alpha value is -3.22. The van der Waals surface area contributed by atoms with Crippen LogP contribution in [0.3, 0.4) is 0 Å². The van der Waals surface area contributed by atoms with Crippen molar-refractivity contribution in [2.45, 2.75) is 39.7 Å². The van der Waals surface area contributed by atoms with Crippen LogP contribution in [-0.2, 0) is 6.54 Å². The average molecular weight is 377 g/mol. The summed E-state index contributed by atoms with van der Waals surface area (Å²) in [7, 11) is 0. The van der Waals surface area contributed by atoms with Gasteiger partial charge in [0, 0.05) is 18.8 Å². The largest absolute Gasteiger partial charge is 0.352 e. The summed E-state index contributed by atoms with van der Waals surface area (Å²) in [6.07, 6.45) is 2.65. The van der Waals surface area contributed by atoms with Crippen molar-refractivity contribution in [3.63, 3.8) is 0 Å². The highest BCUT2D eigenvalue weighted by molar-refractivity contribution is 6.06. The van der Waals surface area contributed by atoms with E-state index in [-0.39, 0.29) is 11.8 Å². The third kappa shape index (κ3) is 3.35. The zero-order chi connectivity index (χ0) is 19.7. The number of carbonyl (C=O) groups excluding carboxylic acids is 1. The van der Waals surface area contributed by atoms with Crippen LogP contribution in [0.2, 0.25) is 0 Å². The fourth-order valence-corrected chi connectivity index (χ4v) is 3.32. The highest BCUT2D eigenvalue weighted by Crippen LogP contribution is 2.25. The summed E-state index contributed by atoms with van der Waals surface area (Å²) in [6, 6.07) is 9.88. The maximum atomic E-state index is 12.8. The highest BCUT2D eigenvalue weighted by Gasteiger charge is 2.19. The molecule has 0 saturated heterocycles. The minimum atomic E-state index is -0.129. The number of hydrogen-bond acceptors (Lipinski definition) is 5. The van der Waals surface area contributed by atoms with Crippen molar-refractivity contribution in [3.05, 3.63) is 53.6 Å². The van der Waals surface area contributed by atoms with E-state index >= 15 is 0 Å². The van der Waals surface area contributed by atoms with Gasteiger partial charge >= 0.3 is 0 Å². The van der Waals surface area contributed by atoms with E-state index in [2.05, 4.69) is 31.1 Å². The summed E-state index contributed by atoms with van der Waals surface area (Å²) in [5, 5.41) is 7.67. The van der Waals surface area contributed by atoms with Gasteiger partial charge in [-0.2, -0.15) is 0 Å². The molecule has 1 N–H and O–H groups in total. The first-order valence-electron chi connectivity index (χ1n) is 9.49. The molecule has 0 unspecified atom stereocenters. The number of benzene rings is 1. The zero-order valence-electron chi connectivity index (χ0n) is 16.3. The molecular weight excluding hydrogens is 354 g/mol. The number of hydrogen-bond donors (Lipinski definition) is 1. The quantitative estimate of drug-likeness (QED) is 0.516. The summed E-state index contributed by atoms with van der Waals surface area (Å²) in [5.41, 5.74) is 4.56. The minimum absolute atomic E-state index is 0.129. The van der Waals surface area contributed by atoms with E-state index in [4.69, 9.17) is 4.52 Å². The van der Waals surface area contributed by atoms with Crippen molar-refractivity contribution in [3.8, 4) is 0 Å². The van der Waals surface area contributed by atoms with E-state index in [1.807, 2.05) is 51.4 Å². The number of pyridine rings is 1. The molecule has 7 heteroatoms. The second-order valence-corrected chi connectivity index (χ2v) is 7.23. The molecule has 1 amide bonds. The Morgan fingerprint density at radius 3 is 2.93 bits per heavy atom. The molecule has 0 aliphatic carbocycles. The lowest BCUT2D eigenvalue weighted by Crippen LogP contribution is -2.25. The first kappa shape index (κ1) is 18.2. The number of nitrogens with zero attached hydrogens (tertiary/aromatic N) is 4. The molecule has 1 aromatic carbocycles. The van der Waals surface area contributed by atoms with E-state index in [0.717, 1.165) is 29.7 Å². The Bertz CT molecular complexity index is 1140. The van der Waals surface area contributed by atoms with Gasteiger partial charge in [0.1, 0.15) is 0 Å². The summed E-state index contributed by atoms with van der Waals surface area (Å²) >= 11 is 0. The van der Waals surface area contributed by atoms with Gasteiger partial charge in [-0.05, 0) is 37.5 Å². The van der Waals surface area contributed by atoms with Crippen LogP contribution < -0.4 is 5.32 Å². The van der Waals surface area contributed by atoms with Gasteiger partial charge in [-0.3, -0.25) is 4.79 Å². The molecule has 0 atom stereocenters. The lowest BCUT2D eigenvalue weighted by molar-refractivity contribution is 0.0954. The molecule has 3 heterocycles. The number of amides is 1. The lowest BCUT2D eigenvalue weighted by Gasteiger charge is -2.10. The van der Waals surface area contributed by atoms with Gasteiger partial charge in [-0.25, -0.2) is 9.97 Å². The molecule has 0 aliphatic heterocycles. The number of para-hydroxylation sites is 2. The highest BCUT2D eigenvalue weighted by atomic mass is 16.5. The van der Waals surface area contributed by atoms with Gasteiger partial charge in [-0.1, -0.05) is 31.1 Å². The number of carbonyl (C=O) groups is 1. The van der Waals surface area contributed by atoms with Gasteiger partial charge in [-0.15, -0.1) is 0 Å². The number of nitrogens with one attached hydrogen (secondary N) is 1. The second-order valence-electron chi connectivity index (χ2n) is 7.23. The molecule has 144 valence electrons. The molecule has 0 saturated carbocycles. The van der Waals surface area contributed by atoms with Crippen LogP contribution in [-0.4, -0.2) is 32.1 Å². The maximum Gasteiger partial charge on any atom is 0.259 e. The van der Waals surface area contributed by atoms with E-state index < -0.39 is 0 Å². The number of fused-ring (bicyclic) bond motifs is 2. The first-order valence-corrected chi connectivity index (χ1v) is 9.49. The van der Waals surface area contributed by atoms with Crippen LogP contribution in [0.1, 0.15) is 47.9 Å². The zero-order valence-corrected chi connectivity index (χ0v) is 16.3. The summed E-state index contributed by atoms with van der Waals surface area (Å²) in [6.45, 7) is 7.25. The van der Waals surface area contributed by atoms with Gasteiger partial charge in [0.2, 0.25) is 0 Å². The Kier molecular flexibility index (Phi) is 4.81. The van der Waals surface area contributed by atoms with E-state index in [1.54, 1.807) is 0 Å². The van der Waals surface area contributed by atoms with E-state index in [9.17, 15) is 4.79 Å². The van der Waals surface area contributed by atoms with Crippen LogP contribution in [0.15, 0.2) is 41.2 Å². The van der Waals surface area contributed by atoms with Gasteiger partial charge in [0.25, 0.3) is 11.6 Å². The van der Waals surface area contributed by atoms with Crippen LogP contribution in [0.25, 0.3) is 22.1 Å². The van der Waals surface area contributed by atoms with Crippen molar-refractivity contribution in [1.82, 2.24) is 25.0 Å². The smallest absolute Gasteiger partial charge is 0.259 e.